The molecule has 0 radical (unpaired) electrons. The van der Waals surface area contributed by atoms with Crippen molar-refractivity contribution in [3.05, 3.63) is 137 Å². The Hall–Kier alpha value is -3.72. The Labute approximate surface area is 182 Å². The minimum absolute atomic E-state index is 0.0598. The van der Waals surface area contributed by atoms with Crippen molar-refractivity contribution in [1.82, 2.24) is 4.98 Å². The van der Waals surface area contributed by atoms with Gasteiger partial charge < -0.3 is 4.74 Å². The number of pyridine rings is 1. The summed E-state index contributed by atoms with van der Waals surface area (Å²) < 4.78 is 6.29. The van der Waals surface area contributed by atoms with Crippen molar-refractivity contribution in [1.29, 1.82) is 0 Å². The maximum Gasteiger partial charge on any atom is 0.236 e. The fraction of sp³-hybridized carbons (Fsp3) is 0.143. The summed E-state index contributed by atoms with van der Waals surface area (Å²) in [5.74, 6) is 0.718. The quantitative estimate of drug-likeness (QED) is 0.438. The largest absolute Gasteiger partial charge is 0.470 e. The molecule has 3 heteroatoms. The van der Waals surface area contributed by atoms with E-state index >= 15 is 0 Å². The third kappa shape index (κ3) is 3.23. The maximum atomic E-state index is 6.29. The first-order valence-corrected chi connectivity index (χ1v) is 10.8. The lowest BCUT2D eigenvalue weighted by molar-refractivity contribution is 0.206. The molecule has 1 aromatic heterocycles. The van der Waals surface area contributed by atoms with E-state index in [-0.39, 0.29) is 18.1 Å². The van der Waals surface area contributed by atoms with Crippen molar-refractivity contribution >= 4 is 5.90 Å². The van der Waals surface area contributed by atoms with Gasteiger partial charge in [0.05, 0.1) is 11.6 Å². The predicted octanol–water partition coefficient (Wildman–Crippen LogP) is 5.70. The van der Waals surface area contributed by atoms with Crippen LogP contribution in [0.4, 0.5) is 0 Å². The van der Waals surface area contributed by atoms with Crippen LogP contribution >= 0.6 is 0 Å². The molecule has 2 heterocycles. The second kappa shape index (κ2) is 7.51. The molecule has 0 spiro atoms. The minimum atomic E-state index is 0.0598. The van der Waals surface area contributed by atoms with Crippen LogP contribution in [0.3, 0.4) is 0 Å². The molecule has 0 amide bonds. The van der Waals surface area contributed by atoms with E-state index in [4.69, 9.17) is 14.7 Å². The second-order valence-corrected chi connectivity index (χ2v) is 8.14. The summed E-state index contributed by atoms with van der Waals surface area (Å²) in [5, 5.41) is 0. The van der Waals surface area contributed by atoms with Crippen LogP contribution in [0.25, 0.3) is 0 Å². The van der Waals surface area contributed by atoms with Gasteiger partial charge in [0.15, 0.2) is 0 Å². The third-order valence-corrected chi connectivity index (χ3v) is 6.22. The van der Waals surface area contributed by atoms with Gasteiger partial charge in [-0.25, -0.2) is 9.98 Å². The van der Waals surface area contributed by atoms with Gasteiger partial charge in [-0.2, -0.15) is 0 Å². The molecule has 4 aromatic rings. The number of nitrogens with zero attached hydrogens (tertiary/aromatic N) is 2. The lowest BCUT2D eigenvalue weighted by atomic mass is 9.88. The summed E-state index contributed by atoms with van der Waals surface area (Å²) in [6, 6.07) is 35.8. The van der Waals surface area contributed by atoms with E-state index in [0.29, 0.717) is 5.90 Å². The zero-order chi connectivity index (χ0) is 20.6. The van der Waals surface area contributed by atoms with E-state index in [1.54, 1.807) is 0 Å². The molecule has 3 nitrogen and oxygen atoms in total. The zero-order valence-electron chi connectivity index (χ0n) is 17.1. The van der Waals surface area contributed by atoms with Crippen molar-refractivity contribution in [3.63, 3.8) is 0 Å². The highest BCUT2D eigenvalue weighted by Gasteiger charge is 2.39. The number of hydrogen-bond acceptors (Lipinski definition) is 3. The molecule has 0 fully saturated rings. The van der Waals surface area contributed by atoms with E-state index in [0.717, 1.165) is 17.8 Å². The lowest BCUT2D eigenvalue weighted by Gasteiger charge is -2.18. The monoisotopic (exact) mass is 402 g/mol. The summed E-state index contributed by atoms with van der Waals surface area (Å²) in [6.07, 6.45) is 0.987. The zero-order valence-corrected chi connectivity index (χ0v) is 17.1. The van der Waals surface area contributed by atoms with Gasteiger partial charge in [-0.1, -0.05) is 91.0 Å². The van der Waals surface area contributed by atoms with Crippen LogP contribution in [0.1, 0.15) is 45.6 Å². The van der Waals surface area contributed by atoms with Crippen LogP contribution in [0, 0.1) is 0 Å². The summed E-state index contributed by atoms with van der Waals surface area (Å²) >= 11 is 0. The summed E-state index contributed by atoms with van der Waals surface area (Å²) in [6.45, 7) is 0. The highest BCUT2D eigenvalue weighted by atomic mass is 16.5. The van der Waals surface area contributed by atoms with E-state index in [2.05, 4.69) is 84.9 Å². The van der Waals surface area contributed by atoms with Gasteiger partial charge in [-0.15, -0.1) is 0 Å². The molecule has 2 atom stereocenters. The summed E-state index contributed by atoms with van der Waals surface area (Å²) in [7, 11) is 0. The number of fused-ring (bicyclic) bond motifs is 3. The number of aromatic nitrogens is 1. The van der Waals surface area contributed by atoms with E-state index < -0.39 is 0 Å². The molecule has 0 saturated carbocycles. The van der Waals surface area contributed by atoms with Crippen molar-refractivity contribution in [2.24, 2.45) is 4.99 Å². The normalized spacial score (nSPS) is 18.9. The average molecular weight is 402 g/mol. The molecule has 31 heavy (non-hydrogen) atoms. The highest BCUT2D eigenvalue weighted by molar-refractivity contribution is 5.94. The number of aliphatic imine (C=N–C) groups is 1. The lowest BCUT2D eigenvalue weighted by Crippen LogP contribution is -2.15. The Kier molecular flexibility index (Phi) is 4.38. The highest BCUT2D eigenvalue weighted by Crippen LogP contribution is 2.40. The Bertz CT molecular complexity index is 1210. The topological polar surface area (TPSA) is 34.5 Å². The molecule has 0 bridgehead atoms. The van der Waals surface area contributed by atoms with Crippen LogP contribution < -0.4 is 0 Å². The van der Waals surface area contributed by atoms with Gasteiger partial charge in [0.25, 0.3) is 0 Å². The van der Waals surface area contributed by atoms with Gasteiger partial charge >= 0.3 is 0 Å². The predicted molar refractivity (Wildman–Crippen MR) is 122 cm³/mol. The SMILES string of the molecule is c1ccc(C(c2ccccc2)c2cccc(C3=N[C@H]4c5ccccc5C[C@H]4O3)n2)cc1. The maximum absolute atomic E-state index is 6.29. The van der Waals surface area contributed by atoms with Crippen LogP contribution in [0.15, 0.2) is 108 Å². The molecule has 0 saturated heterocycles. The standard InChI is InChI=1S/C28H22N2O/c1-3-10-19(11-4-1)26(20-12-5-2-6-13-20)23-16-9-17-24(29-23)28-30-27-22-15-8-7-14-21(22)18-25(27)31-28/h1-17,25-27H,18H2/t25-,27+/m1/s1. The molecule has 1 aliphatic heterocycles. The van der Waals surface area contributed by atoms with Crippen LogP contribution in [-0.2, 0) is 11.2 Å². The van der Waals surface area contributed by atoms with E-state index in [9.17, 15) is 0 Å². The Morgan fingerprint density at radius 1 is 0.710 bits per heavy atom. The number of benzene rings is 3. The fourth-order valence-electron chi connectivity index (χ4n) is 4.78. The smallest absolute Gasteiger partial charge is 0.236 e. The van der Waals surface area contributed by atoms with Gasteiger partial charge in [-0.05, 0) is 34.4 Å². The third-order valence-electron chi connectivity index (χ3n) is 6.22. The molecule has 1 aliphatic carbocycles. The molecular weight excluding hydrogens is 380 g/mol. The van der Waals surface area contributed by atoms with Gasteiger partial charge in [0.1, 0.15) is 17.8 Å². The van der Waals surface area contributed by atoms with Gasteiger partial charge in [0.2, 0.25) is 5.90 Å². The average Bonchev–Trinajstić information content (AvgIpc) is 3.39. The fourth-order valence-corrected chi connectivity index (χ4v) is 4.78. The second-order valence-electron chi connectivity index (χ2n) is 8.14. The number of hydrogen-bond donors (Lipinski definition) is 0. The molecule has 150 valence electrons. The first-order chi connectivity index (χ1) is 15.4. The Morgan fingerprint density at radius 2 is 1.39 bits per heavy atom. The van der Waals surface area contributed by atoms with E-state index in [1.807, 2.05) is 18.2 Å². The van der Waals surface area contributed by atoms with Gasteiger partial charge in [0, 0.05) is 6.42 Å². The summed E-state index contributed by atoms with van der Waals surface area (Å²) in [4.78, 5) is 9.97. The minimum Gasteiger partial charge on any atom is -0.470 e. The molecule has 6 rings (SSSR count). The molecule has 0 unspecified atom stereocenters. The first kappa shape index (κ1) is 18.1. The summed E-state index contributed by atoms with van der Waals surface area (Å²) in [5.41, 5.74) is 6.87. The first-order valence-electron chi connectivity index (χ1n) is 10.8. The molecular formula is C28H22N2O. The molecule has 0 N–H and O–H groups in total. The van der Waals surface area contributed by atoms with Crippen LogP contribution in [-0.4, -0.2) is 17.0 Å². The van der Waals surface area contributed by atoms with Crippen LogP contribution in [0.2, 0.25) is 0 Å². The number of rotatable bonds is 4. The van der Waals surface area contributed by atoms with Crippen molar-refractivity contribution < 1.29 is 4.74 Å². The Morgan fingerprint density at radius 3 is 2.13 bits per heavy atom. The van der Waals surface area contributed by atoms with E-state index in [1.165, 1.54) is 22.3 Å². The van der Waals surface area contributed by atoms with Crippen molar-refractivity contribution in [2.75, 3.05) is 0 Å². The van der Waals surface area contributed by atoms with Crippen molar-refractivity contribution in [2.45, 2.75) is 24.5 Å². The molecule has 3 aromatic carbocycles. The van der Waals surface area contributed by atoms with Gasteiger partial charge in [-0.3, -0.25) is 0 Å². The van der Waals surface area contributed by atoms with Crippen molar-refractivity contribution in [3.8, 4) is 0 Å². The Balaban J connectivity index is 1.39. The molecule has 2 aliphatic rings. The van der Waals surface area contributed by atoms with Crippen LogP contribution in [0.5, 0.6) is 0 Å². The number of ether oxygens (including phenoxy) is 1.